The summed E-state index contributed by atoms with van der Waals surface area (Å²) in [5.41, 5.74) is 0.766. The van der Waals surface area contributed by atoms with Crippen molar-refractivity contribution < 1.29 is 14.7 Å². The second-order valence-electron chi connectivity index (χ2n) is 4.66. The minimum atomic E-state index is -1.27. The molecule has 0 heterocycles. The van der Waals surface area contributed by atoms with Gasteiger partial charge >= 0.3 is 5.97 Å². The van der Waals surface area contributed by atoms with Crippen molar-refractivity contribution in [2.75, 3.05) is 0 Å². The first-order valence-electron chi connectivity index (χ1n) is 5.61. The summed E-state index contributed by atoms with van der Waals surface area (Å²) in [5.74, 6) is -1.50. The summed E-state index contributed by atoms with van der Waals surface area (Å²) in [6, 6.07) is 7.67. The Kier molecular flexibility index (Phi) is 4.26. The van der Waals surface area contributed by atoms with E-state index < -0.39 is 17.4 Å². The molecule has 0 saturated carbocycles. The van der Waals surface area contributed by atoms with Crippen molar-refractivity contribution in [3.05, 3.63) is 41.5 Å². The maximum atomic E-state index is 11.5. The minimum Gasteiger partial charge on any atom is -0.480 e. The second-order valence-corrected chi connectivity index (χ2v) is 4.66. The van der Waals surface area contributed by atoms with Gasteiger partial charge in [-0.2, -0.15) is 0 Å². The van der Waals surface area contributed by atoms with Gasteiger partial charge in [0.1, 0.15) is 5.54 Å². The first-order valence-corrected chi connectivity index (χ1v) is 5.61. The number of amides is 1. The van der Waals surface area contributed by atoms with Crippen LogP contribution in [0.25, 0.3) is 6.08 Å². The third kappa shape index (κ3) is 4.05. The molecule has 0 aliphatic carbocycles. The van der Waals surface area contributed by atoms with Gasteiger partial charge in [0.25, 0.3) is 0 Å². The van der Waals surface area contributed by atoms with E-state index in [0.29, 0.717) is 0 Å². The first-order chi connectivity index (χ1) is 8.31. The summed E-state index contributed by atoms with van der Waals surface area (Å²) in [6.45, 7) is 4.86. The first kappa shape index (κ1) is 14.0. The van der Waals surface area contributed by atoms with Gasteiger partial charge in [-0.25, -0.2) is 4.79 Å². The van der Waals surface area contributed by atoms with E-state index in [2.05, 4.69) is 5.32 Å². The zero-order valence-electron chi connectivity index (χ0n) is 10.7. The van der Waals surface area contributed by atoms with Crippen LogP contribution in [0.2, 0.25) is 0 Å². The molecular weight excluding hydrogens is 230 g/mol. The van der Waals surface area contributed by atoms with Crippen molar-refractivity contribution >= 4 is 18.0 Å². The number of hydrogen-bond acceptors (Lipinski definition) is 2. The molecule has 0 aliphatic heterocycles. The molecule has 0 aliphatic rings. The molecule has 0 saturated heterocycles. The number of hydrogen-bond donors (Lipinski definition) is 2. The maximum absolute atomic E-state index is 11.5. The fourth-order valence-corrected chi connectivity index (χ4v) is 1.25. The number of carbonyl (C=O) groups is 2. The van der Waals surface area contributed by atoms with Crippen LogP contribution in [0.3, 0.4) is 0 Å². The SMILES string of the molecule is Cc1ccc(/C=C/C(=O)NC(C)(C)C(=O)O)cc1. The quantitative estimate of drug-likeness (QED) is 0.799. The van der Waals surface area contributed by atoms with Gasteiger partial charge in [-0.3, -0.25) is 4.79 Å². The lowest BCUT2D eigenvalue weighted by atomic mass is 10.1. The van der Waals surface area contributed by atoms with Crippen molar-refractivity contribution in [2.45, 2.75) is 26.3 Å². The highest BCUT2D eigenvalue weighted by molar-refractivity contribution is 5.95. The molecule has 4 nitrogen and oxygen atoms in total. The van der Waals surface area contributed by atoms with Crippen LogP contribution >= 0.6 is 0 Å². The Morgan fingerprint density at radius 3 is 2.28 bits per heavy atom. The largest absolute Gasteiger partial charge is 0.480 e. The molecule has 0 fully saturated rings. The number of rotatable bonds is 4. The van der Waals surface area contributed by atoms with Crippen LogP contribution in [0.1, 0.15) is 25.0 Å². The van der Waals surface area contributed by atoms with Crippen LogP contribution in [-0.4, -0.2) is 22.5 Å². The Balaban J connectivity index is 2.65. The molecule has 4 heteroatoms. The molecule has 1 rings (SSSR count). The van der Waals surface area contributed by atoms with E-state index in [0.717, 1.165) is 11.1 Å². The molecule has 0 spiro atoms. The van der Waals surface area contributed by atoms with E-state index in [4.69, 9.17) is 5.11 Å². The van der Waals surface area contributed by atoms with Gasteiger partial charge in [0, 0.05) is 6.08 Å². The highest BCUT2D eigenvalue weighted by Crippen LogP contribution is 2.06. The smallest absolute Gasteiger partial charge is 0.328 e. The summed E-state index contributed by atoms with van der Waals surface area (Å²) in [7, 11) is 0. The fraction of sp³-hybridized carbons (Fsp3) is 0.286. The average molecular weight is 247 g/mol. The summed E-state index contributed by atoms with van der Waals surface area (Å²) in [6.07, 6.45) is 2.97. The molecule has 1 aromatic rings. The number of benzene rings is 1. The highest BCUT2D eigenvalue weighted by Gasteiger charge is 2.27. The van der Waals surface area contributed by atoms with Crippen LogP contribution in [0.5, 0.6) is 0 Å². The van der Waals surface area contributed by atoms with E-state index in [1.54, 1.807) is 6.08 Å². The third-order valence-electron chi connectivity index (χ3n) is 2.47. The number of carbonyl (C=O) groups excluding carboxylic acids is 1. The van der Waals surface area contributed by atoms with Gasteiger partial charge in [-0.05, 0) is 32.4 Å². The van der Waals surface area contributed by atoms with Crippen LogP contribution in [0, 0.1) is 6.92 Å². The molecule has 0 radical (unpaired) electrons. The average Bonchev–Trinajstić information content (AvgIpc) is 2.27. The monoisotopic (exact) mass is 247 g/mol. The van der Waals surface area contributed by atoms with Crippen LogP contribution < -0.4 is 5.32 Å². The molecule has 1 amide bonds. The van der Waals surface area contributed by atoms with Gasteiger partial charge in [0.05, 0.1) is 0 Å². The number of aryl methyl sites for hydroxylation is 1. The van der Waals surface area contributed by atoms with Crippen LogP contribution in [0.4, 0.5) is 0 Å². The predicted molar refractivity (Wildman–Crippen MR) is 70.1 cm³/mol. The van der Waals surface area contributed by atoms with E-state index in [-0.39, 0.29) is 0 Å². The summed E-state index contributed by atoms with van der Waals surface area (Å²) < 4.78 is 0. The number of carboxylic acid groups (broad SMARTS) is 1. The number of aliphatic carboxylic acids is 1. The van der Waals surface area contributed by atoms with Gasteiger partial charge in [0.2, 0.25) is 5.91 Å². The Labute approximate surface area is 106 Å². The molecule has 0 unspecified atom stereocenters. The van der Waals surface area contributed by atoms with Gasteiger partial charge in [0.15, 0.2) is 0 Å². The maximum Gasteiger partial charge on any atom is 0.328 e. The molecule has 96 valence electrons. The standard InChI is InChI=1S/C14H17NO3/c1-10-4-6-11(7-5-10)8-9-12(16)15-14(2,3)13(17)18/h4-9H,1-3H3,(H,15,16)(H,17,18)/b9-8+. The second kappa shape index (κ2) is 5.49. The minimum absolute atomic E-state index is 0.428. The molecule has 18 heavy (non-hydrogen) atoms. The topological polar surface area (TPSA) is 66.4 Å². The predicted octanol–water partition coefficient (Wildman–Crippen LogP) is 1.99. The Bertz CT molecular complexity index is 472. The lowest BCUT2D eigenvalue weighted by molar-refractivity contribution is -0.145. The molecular formula is C14H17NO3. The molecule has 0 bridgehead atoms. The van der Waals surface area contributed by atoms with Gasteiger partial charge in [-0.15, -0.1) is 0 Å². The third-order valence-corrected chi connectivity index (χ3v) is 2.47. The molecule has 0 aromatic heterocycles. The molecule has 0 atom stereocenters. The summed E-state index contributed by atoms with van der Waals surface area (Å²) in [5, 5.41) is 11.3. The van der Waals surface area contributed by atoms with E-state index >= 15 is 0 Å². The summed E-state index contributed by atoms with van der Waals surface area (Å²) >= 11 is 0. The lowest BCUT2D eigenvalue weighted by Gasteiger charge is -2.19. The van der Waals surface area contributed by atoms with E-state index in [1.807, 2.05) is 31.2 Å². The normalized spacial score (nSPS) is 11.5. The van der Waals surface area contributed by atoms with Crippen molar-refractivity contribution in [1.82, 2.24) is 5.32 Å². The van der Waals surface area contributed by atoms with Crippen LogP contribution in [0.15, 0.2) is 30.3 Å². The Morgan fingerprint density at radius 1 is 1.22 bits per heavy atom. The van der Waals surface area contributed by atoms with Crippen molar-refractivity contribution in [2.24, 2.45) is 0 Å². The fourth-order valence-electron chi connectivity index (χ4n) is 1.25. The number of nitrogens with one attached hydrogen (secondary N) is 1. The van der Waals surface area contributed by atoms with E-state index in [9.17, 15) is 9.59 Å². The Hall–Kier alpha value is -2.10. The van der Waals surface area contributed by atoms with Gasteiger partial charge < -0.3 is 10.4 Å². The van der Waals surface area contributed by atoms with Crippen molar-refractivity contribution in [3.63, 3.8) is 0 Å². The molecule has 2 N–H and O–H groups in total. The zero-order chi connectivity index (χ0) is 13.8. The summed E-state index contributed by atoms with van der Waals surface area (Å²) in [4.78, 5) is 22.4. The van der Waals surface area contributed by atoms with E-state index in [1.165, 1.54) is 19.9 Å². The van der Waals surface area contributed by atoms with Gasteiger partial charge in [-0.1, -0.05) is 29.8 Å². The van der Waals surface area contributed by atoms with Crippen molar-refractivity contribution in [3.8, 4) is 0 Å². The highest BCUT2D eigenvalue weighted by atomic mass is 16.4. The zero-order valence-corrected chi connectivity index (χ0v) is 10.7. The Morgan fingerprint density at radius 2 is 1.78 bits per heavy atom. The lowest BCUT2D eigenvalue weighted by Crippen LogP contribution is -2.49. The van der Waals surface area contributed by atoms with Crippen LogP contribution in [-0.2, 0) is 9.59 Å². The number of carboxylic acids is 1. The molecule has 1 aromatic carbocycles. The van der Waals surface area contributed by atoms with Crippen molar-refractivity contribution in [1.29, 1.82) is 0 Å².